The lowest BCUT2D eigenvalue weighted by atomic mass is 10.3. The van der Waals surface area contributed by atoms with Gasteiger partial charge in [0.05, 0.1) is 12.4 Å². The van der Waals surface area contributed by atoms with E-state index in [1.807, 2.05) is 20.8 Å². The average Bonchev–Trinajstić information content (AvgIpc) is 3.01. The highest BCUT2D eigenvalue weighted by molar-refractivity contribution is 6.60. The summed E-state index contributed by atoms with van der Waals surface area (Å²) in [7, 11) is -2.62. The summed E-state index contributed by atoms with van der Waals surface area (Å²) in [6, 6.07) is 0.693. The quantitative estimate of drug-likeness (QED) is 0.436. The van der Waals surface area contributed by atoms with Gasteiger partial charge in [-0.3, -0.25) is 0 Å². The average molecular weight is 347 g/mol. The second kappa shape index (κ2) is 10.9. The molecule has 0 fully saturated rings. The second-order valence-corrected chi connectivity index (χ2v) is 7.83. The van der Waals surface area contributed by atoms with Crippen molar-refractivity contribution in [1.29, 1.82) is 0 Å². The predicted octanol–water partition coefficient (Wildman–Crippen LogP) is 2.22. The molecule has 1 rings (SSSR count). The number of hydrogen-bond acceptors (Lipinski definition) is 6. The number of aliphatic hydroxyl groups excluding tert-OH is 1. The van der Waals surface area contributed by atoms with Crippen molar-refractivity contribution in [2.75, 3.05) is 26.4 Å². The molecule has 7 nitrogen and oxygen atoms in total. The Labute approximate surface area is 139 Å². The molecule has 0 saturated heterocycles. The molecule has 0 aliphatic heterocycles. The topological polar surface area (TPSA) is 75.0 Å². The van der Waals surface area contributed by atoms with E-state index >= 15 is 0 Å². The van der Waals surface area contributed by atoms with Gasteiger partial charge in [-0.05, 0) is 34.1 Å². The van der Waals surface area contributed by atoms with Crippen molar-refractivity contribution in [2.45, 2.75) is 52.5 Å². The molecule has 1 aromatic heterocycles. The van der Waals surface area contributed by atoms with Crippen LogP contribution in [0.3, 0.4) is 0 Å². The molecule has 0 bridgehead atoms. The molecule has 0 radical (unpaired) electrons. The van der Waals surface area contributed by atoms with Gasteiger partial charge in [0.25, 0.3) is 0 Å². The third-order valence-corrected chi connectivity index (χ3v) is 6.39. The number of ether oxygens (including phenoxy) is 1. The molecule has 0 aliphatic rings. The highest BCUT2D eigenvalue weighted by atomic mass is 28.4. The van der Waals surface area contributed by atoms with E-state index in [1.54, 1.807) is 30.2 Å². The Kier molecular flexibility index (Phi) is 9.61. The molecule has 2 unspecified atom stereocenters. The van der Waals surface area contributed by atoms with Gasteiger partial charge < -0.3 is 27.7 Å². The summed E-state index contributed by atoms with van der Waals surface area (Å²) >= 11 is 0. The zero-order chi connectivity index (χ0) is 17.1. The highest BCUT2D eigenvalue weighted by Gasteiger charge is 2.39. The van der Waals surface area contributed by atoms with Crippen LogP contribution in [-0.2, 0) is 18.0 Å². The molecule has 2 atom stereocenters. The van der Waals surface area contributed by atoms with Gasteiger partial charge in [0.2, 0.25) is 0 Å². The highest BCUT2D eigenvalue weighted by Crippen LogP contribution is 2.20. The normalized spacial score (nSPS) is 14.8. The second-order valence-electron chi connectivity index (χ2n) is 5.10. The molecule has 1 heterocycles. The van der Waals surface area contributed by atoms with Gasteiger partial charge in [0, 0.05) is 44.9 Å². The van der Waals surface area contributed by atoms with E-state index in [9.17, 15) is 5.11 Å². The van der Waals surface area contributed by atoms with E-state index in [-0.39, 0.29) is 0 Å². The lowest BCUT2D eigenvalue weighted by molar-refractivity contribution is -0.0749. The number of aliphatic hydroxyl groups is 1. The maximum atomic E-state index is 9.86. The Bertz CT molecular complexity index is 386. The van der Waals surface area contributed by atoms with Gasteiger partial charge in [0.15, 0.2) is 6.23 Å². The zero-order valence-corrected chi connectivity index (χ0v) is 15.6. The molecule has 1 aromatic rings. The first-order valence-corrected chi connectivity index (χ1v) is 10.2. The third kappa shape index (κ3) is 6.70. The molecule has 23 heavy (non-hydrogen) atoms. The van der Waals surface area contributed by atoms with E-state index in [2.05, 4.69) is 4.98 Å². The van der Waals surface area contributed by atoms with Crippen LogP contribution < -0.4 is 0 Å². The van der Waals surface area contributed by atoms with Crippen molar-refractivity contribution in [1.82, 2.24) is 9.55 Å². The lowest BCUT2D eigenvalue weighted by Crippen LogP contribution is -2.46. The van der Waals surface area contributed by atoms with Gasteiger partial charge >= 0.3 is 8.80 Å². The fourth-order valence-electron chi connectivity index (χ4n) is 2.39. The molecular formula is C15H30N2O5Si. The fraction of sp³-hybridized carbons (Fsp3) is 0.800. The van der Waals surface area contributed by atoms with Crippen LogP contribution >= 0.6 is 0 Å². The molecule has 0 spiro atoms. The number of hydrogen-bond donors (Lipinski definition) is 1. The number of aromatic nitrogens is 2. The Morgan fingerprint density at radius 2 is 1.74 bits per heavy atom. The molecule has 8 heteroatoms. The van der Waals surface area contributed by atoms with Crippen LogP contribution in [0.5, 0.6) is 0 Å². The van der Waals surface area contributed by atoms with Crippen molar-refractivity contribution in [3.05, 3.63) is 18.7 Å². The lowest BCUT2D eigenvalue weighted by Gasteiger charge is -2.29. The fourth-order valence-corrected chi connectivity index (χ4v) is 4.97. The maximum absolute atomic E-state index is 9.86. The largest absolute Gasteiger partial charge is 0.501 e. The SMILES string of the molecule is CCO[Si](CCCOC(C(C)O)n1ccnc1)(OCC)OCC. The number of imidazole rings is 1. The first-order valence-electron chi connectivity index (χ1n) is 8.27. The summed E-state index contributed by atoms with van der Waals surface area (Å²) in [4.78, 5) is 3.98. The first-order chi connectivity index (χ1) is 11.1. The summed E-state index contributed by atoms with van der Waals surface area (Å²) in [5.41, 5.74) is 0. The van der Waals surface area contributed by atoms with E-state index in [4.69, 9.17) is 18.0 Å². The molecule has 0 aromatic carbocycles. The van der Waals surface area contributed by atoms with Gasteiger partial charge in [-0.25, -0.2) is 4.98 Å². The van der Waals surface area contributed by atoms with Gasteiger partial charge in [0.1, 0.15) is 0 Å². The Morgan fingerprint density at radius 1 is 1.13 bits per heavy atom. The monoisotopic (exact) mass is 346 g/mol. The Morgan fingerprint density at radius 3 is 2.17 bits per heavy atom. The van der Waals surface area contributed by atoms with Crippen LogP contribution in [0.2, 0.25) is 6.04 Å². The predicted molar refractivity (Wildman–Crippen MR) is 89.0 cm³/mol. The van der Waals surface area contributed by atoms with E-state index < -0.39 is 21.1 Å². The van der Waals surface area contributed by atoms with Crippen molar-refractivity contribution in [2.24, 2.45) is 0 Å². The molecular weight excluding hydrogens is 316 g/mol. The number of rotatable bonds is 13. The van der Waals surface area contributed by atoms with Crippen LogP contribution in [-0.4, -0.2) is 56.0 Å². The van der Waals surface area contributed by atoms with Crippen LogP contribution in [0.15, 0.2) is 18.7 Å². The minimum absolute atomic E-state index is 0.445. The minimum Gasteiger partial charge on any atom is -0.389 e. The number of nitrogens with zero attached hydrogens (tertiary/aromatic N) is 2. The molecule has 0 aliphatic carbocycles. The first kappa shape index (κ1) is 20.3. The van der Waals surface area contributed by atoms with Crippen molar-refractivity contribution >= 4 is 8.80 Å². The smallest absolute Gasteiger partial charge is 0.389 e. The molecule has 0 saturated carbocycles. The molecule has 1 N–H and O–H groups in total. The molecule has 134 valence electrons. The van der Waals surface area contributed by atoms with Crippen LogP contribution in [0.1, 0.15) is 40.3 Å². The maximum Gasteiger partial charge on any atom is 0.501 e. The summed E-state index contributed by atoms with van der Waals surface area (Å²) < 4.78 is 25.0. The zero-order valence-electron chi connectivity index (χ0n) is 14.6. The standard InChI is InChI=1S/C15H30N2O5Si/c1-5-20-23(21-6-2,22-7-3)12-8-11-19-15(14(4)18)17-10-9-16-13-17/h9-10,13-15,18H,5-8,11-12H2,1-4H3. The summed E-state index contributed by atoms with van der Waals surface area (Å²) in [5.74, 6) is 0. The van der Waals surface area contributed by atoms with Crippen LogP contribution in [0, 0.1) is 0 Å². The van der Waals surface area contributed by atoms with Gasteiger partial charge in [-0.1, -0.05) is 0 Å². The van der Waals surface area contributed by atoms with E-state index in [1.165, 1.54) is 0 Å². The van der Waals surface area contributed by atoms with Crippen molar-refractivity contribution in [3.63, 3.8) is 0 Å². The molecule has 0 amide bonds. The summed E-state index contributed by atoms with van der Waals surface area (Å²) in [5, 5.41) is 9.86. The van der Waals surface area contributed by atoms with Gasteiger partial charge in [-0.15, -0.1) is 0 Å². The summed E-state index contributed by atoms with van der Waals surface area (Å²) in [6.45, 7) is 9.71. The Balaban J connectivity index is 2.51. The van der Waals surface area contributed by atoms with Crippen LogP contribution in [0.4, 0.5) is 0 Å². The Hall–Kier alpha value is -0.773. The van der Waals surface area contributed by atoms with Gasteiger partial charge in [-0.2, -0.15) is 0 Å². The van der Waals surface area contributed by atoms with Crippen molar-refractivity contribution < 1.29 is 23.1 Å². The third-order valence-electron chi connectivity index (χ3n) is 3.24. The minimum atomic E-state index is -2.62. The van der Waals surface area contributed by atoms with Crippen molar-refractivity contribution in [3.8, 4) is 0 Å². The van der Waals surface area contributed by atoms with E-state index in [0.29, 0.717) is 32.5 Å². The van der Waals surface area contributed by atoms with E-state index in [0.717, 1.165) is 6.42 Å². The van der Waals surface area contributed by atoms with Crippen LogP contribution in [0.25, 0.3) is 0 Å². The summed E-state index contributed by atoms with van der Waals surface area (Å²) in [6.07, 6.45) is 4.74.